The molecule has 0 spiro atoms. The zero-order valence-electron chi connectivity index (χ0n) is 8.86. The van der Waals surface area contributed by atoms with Crippen LogP contribution in [0.25, 0.3) is 0 Å². The van der Waals surface area contributed by atoms with Crippen LogP contribution in [0, 0.1) is 0 Å². The molecule has 0 atom stereocenters. The third kappa shape index (κ3) is 2.12. The smallest absolute Gasteiger partial charge is 0.272 e. The first kappa shape index (κ1) is 10.0. The molecule has 82 valence electrons. The van der Waals surface area contributed by atoms with Crippen LogP contribution in [0.15, 0.2) is 16.9 Å². The molecule has 2 rings (SSSR count). The van der Waals surface area contributed by atoms with E-state index < -0.39 is 0 Å². The Morgan fingerprint density at radius 1 is 1.27 bits per heavy atom. The number of likely N-dealkylation sites (N-methyl/N-ethyl adjacent to an activating group) is 1. The highest BCUT2D eigenvalue weighted by Gasteiger charge is 2.14. The molecule has 1 saturated heterocycles. The summed E-state index contributed by atoms with van der Waals surface area (Å²) in [4.78, 5) is 18.6. The van der Waals surface area contributed by atoms with E-state index in [0.29, 0.717) is 0 Å². The summed E-state index contributed by atoms with van der Waals surface area (Å²) in [6.45, 7) is 3.92. The van der Waals surface area contributed by atoms with Gasteiger partial charge in [0.15, 0.2) is 0 Å². The SMILES string of the molecule is CN1CCN(c2ccc(N)c(=O)[nH]2)CC1. The molecular weight excluding hydrogens is 192 g/mol. The highest BCUT2D eigenvalue weighted by molar-refractivity contribution is 5.46. The van der Waals surface area contributed by atoms with Crippen LogP contribution in [-0.2, 0) is 0 Å². The number of anilines is 2. The maximum Gasteiger partial charge on any atom is 0.272 e. The van der Waals surface area contributed by atoms with E-state index in [1.54, 1.807) is 6.07 Å². The molecule has 1 aromatic rings. The van der Waals surface area contributed by atoms with Crippen LogP contribution >= 0.6 is 0 Å². The summed E-state index contributed by atoms with van der Waals surface area (Å²) in [5.74, 6) is 0.863. The van der Waals surface area contributed by atoms with Crippen LogP contribution in [-0.4, -0.2) is 43.1 Å². The quantitative estimate of drug-likeness (QED) is 0.665. The van der Waals surface area contributed by atoms with Crippen molar-refractivity contribution < 1.29 is 0 Å². The molecule has 15 heavy (non-hydrogen) atoms. The van der Waals surface area contributed by atoms with Gasteiger partial charge in [0.25, 0.3) is 5.56 Å². The number of nitrogens with zero attached hydrogens (tertiary/aromatic N) is 2. The molecule has 5 heteroatoms. The van der Waals surface area contributed by atoms with E-state index >= 15 is 0 Å². The number of nitrogens with two attached hydrogens (primary N) is 1. The molecule has 1 fully saturated rings. The van der Waals surface area contributed by atoms with Gasteiger partial charge in [0.1, 0.15) is 5.82 Å². The van der Waals surface area contributed by atoms with Crippen molar-refractivity contribution >= 4 is 11.5 Å². The van der Waals surface area contributed by atoms with Gasteiger partial charge in [-0.2, -0.15) is 0 Å². The van der Waals surface area contributed by atoms with Crippen molar-refractivity contribution in [3.8, 4) is 0 Å². The predicted octanol–water partition coefficient (Wildman–Crippen LogP) is -0.291. The lowest BCUT2D eigenvalue weighted by Crippen LogP contribution is -2.45. The monoisotopic (exact) mass is 208 g/mol. The maximum absolute atomic E-state index is 11.3. The molecule has 2 heterocycles. The lowest BCUT2D eigenvalue weighted by Gasteiger charge is -2.33. The number of hydrogen-bond donors (Lipinski definition) is 2. The van der Waals surface area contributed by atoms with E-state index in [2.05, 4.69) is 21.8 Å². The molecular formula is C10H16N4O. The zero-order valence-corrected chi connectivity index (χ0v) is 8.86. The number of H-pyrrole nitrogens is 1. The standard InChI is InChI=1S/C10H16N4O/c1-13-4-6-14(7-5-13)9-3-2-8(11)10(15)12-9/h2-3H,4-7,11H2,1H3,(H,12,15). The van der Waals surface area contributed by atoms with E-state index in [0.717, 1.165) is 32.0 Å². The minimum atomic E-state index is -0.202. The van der Waals surface area contributed by atoms with Crippen molar-refractivity contribution in [3.05, 3.63) is 22.5 Å². The van der Waals surface area contributed by atoms with E-state index in [9.17, 15) is 4.79 Å². The summed E-state index contributed by atoms with van der Waals surface area (Å²) in [7, 11) is 2.10. The first-order valence-electron chi connectivity index (χ1n) is 5.09. The summed E-state index contributed by atoms with van der Waals surface area (Å²) in [5, 5.41) is 0. The molecule has 1 aliphatic heterocycles. The Hall–Kier alpha value is -1.49. The second kappa shape index (κ2) is 3.94. The third-order valence-electron chi connectivity index (χ3n) is 2.77. The number of aromatic amines is 1. The highest BCUT2D eigenvalue weighted by atomic mass is 16.1. The van der Waals surface area contributed by atoms with Crippen molar-refractivity contribution in [2.24, 2.45) is 0 Å². The summed E-state index contributed by atoms with van der Waals surface area (Å²) in [6.07, 6.45) is 0. The van der Waals surface area contributed by atoms with Gasteiger partial charge in [-0.25, -0.2) is 0 Å². The number of pyridine rings is 1. The Kier molecular flexibility index (Phi) is 2.64. The lowest BCUT2D eigenvalue weighted by atomic mass is 10.3. The largest absolute Gasteiger partial charge is 0.394 e. The van der Waals surface area contributed by atoms with Crippen LogP contribution in [0.1, 0.15) is 0 Å². The van der Waals surface area contributed by atoms with Gasteiger partial charge in [-0.05, 0) is 19.2 Å². The number of hydrogen-bond acceptors (Lipinski definition) is 4. The molecule has 0 radical (unpaired) electrons. The van der Waals surface area contributed by atoms with Gasteiger partial charge in [-0.15, -0.1) is 0 Å². The third-order valence-corrected chi connectivity index (χ3v) is 2.77. The second-order valence-electron chi connectivity index (χ2n) is 3.92. The summed E-state index contributed by atoms with van der Waals surface area (Å²) in [6, 6.07) is 3.52. The van der Waals surface area contributed by atoms with Crippen molar-refractivity contribution in [1.29, 1.82) is 0 Å². The van der Waals surface area contributed by atoms with Crippen molar-refractivity contribution in [2.75, 3.05) is 43.9 Å². The minimum Gasteiger partial charge on any atom is -0.394 e. The molecule has 0 amide bonds. The fourth-order valence-electron chi connectivity index (χ4n) is 1.71. The molecule has 0 bridgehead atoms. The maximum atomic E-state index is 11.3. The van der Waals surface area contributed by atoms with Crippen molar-refractivity contribution in [2.45, 2.75) is 0 Å². The van der Waals surface area contributed by atoms with Crippen LogP contribution in [0.3, 0.4) is 0 Å². The topological polar surface area (TPSA) is 65.4 Å². The van der Waals surface area contributed by atoms with Crippen molar-refractivity contribution in [1.82, 2.24) is 9.88 Å². The van der Waals surface area contributed by atoms with Gasteiger partial charge in [0.2, 0.25) is 0 Å². The van der Waals surface area contributed by atoms with Gasteiger partial charge < -0.3 is 20.5 Å². The Morgan fingerprint density at radius 2 is 1.93 bits per heavy atom. The number of nitrogens with one attached hydrogen (secondary N) is 1. The fourth-order valence-corrected chi connectivity index (χ4v) is 1.71. The fraction of sp³-hybridized carbons (Fsp3) is 0.500. The van der Waals surface area contributed by atoms with E-state index in [-0.39, 0.29) is 11.2 Å². The molecule has 0 unspecified atom stereocenters. The van der Waals surface area contributed by atoms with Gasteiger partial charge in [-0.1, -0.05) is 0 Å². The molecule has 0 aliphatic carbocycles. The first-order valence-corrected chi connectivity index (χ1v) is 5.09. The molecule has 1 aliphatic rings. The molecule has 0 aromatic carbocycles. The summed E-state index contributed by atoms with van der Waals surface area (Å²) in [5.41, 5.74) is 5.54. The molecule has 3 N–H and O–H groups in total. The zero-order chi connectivity index (χ0) is 10.8. The molecule has 0 saturated carbocycles. The highest BCUT2D eigenvalue weighted by Crippen LogP contribution is 2.11. The average molecular weight is 208 g/mol. The minimum absolute atomic E-state index is 0.202. The number of aromatic nitrogens is 1. The predicted molar refractivity (Wildman–Crippen MR) is 61.2 cm³/mol. The first-order chi connectivity index (χ1) is 7.16. The second-order valence-corrected chi connectivity index (χ2v) is 3.92. The van der Waals surface area contributed by atoms with Crippen LogP contribution in [0.4, 0.5) is 11.5 Å². The Balaban J connectivity index is 2.16. The van der Waals surface area contributed by atoms with Crippen LogP contribution in [0.2, 0.25) is 0 Å². The number of rotatable bonds is 1. The van der Waals surface area contributed by atoms with Crippen LogP contribution in [0.5, 0.6) is 0 Å². The molecule has 1 aromatic heterocycles. The summed E-state index contributed by atoms with van der Waals surface area (Å²) >= 11 is 0. The van der Waals surface area contributed by atoms with Crippen molar-refractivity contribution in [3.63, 3.8) is 0 Å². The van der Waals surface area contributed by atoms with E-state index in [1.807, 2.05) is 6.07 Å². The number of nitrogen functional groups attached to an aromatic ring is 1. The average Bonchev–Trinajstić information content (AvgIpc) is 2.23. The Bertz CT molecular complexity index is 393. The van der Waals surface area contributed by atoms with Gasteiger partial charge in [0, 0.05) is 26.2 Å². The number of piperazine rings is 1. The lowest BCUT2D eigenvalue weighted by molar-refractivity contribution is 0.312. The Morgan fingerprint density at radius 3 is 2.53 bits per heavy atom. The van der Waals surface area contributed by atoms with E-state index in [4.69, 9.17) is 5.73 Å². The molecule has 5 nitrogen and oxygen atoms in total. The van der Waals surface area contributed by atoms with Gasteiger partial charge >= 0.3 is 0 Å². The van der Waals surface area contributed by atoms with E-state index in [1.165, 1.54) is 0 Å². The summed E-state index contributed by atoms with van der Waals surface area (Å²) < 4.78 is 0. The van der Waals surface area contributed by atoms with Crippen LogP contribution < -0.4 is 16.2 Å². The van der Waals surface area contributed by atoms with Gasteiger partial charge in [-0.3, -0.25) is 4.79 Å². The Labute approximate surface area is 88.5 Å². The van der Waals surface area contributed by atoms with Gasteiger partial charge in [0.05, 0.1) is 5.69 Å². The normalized spacial score (nSPS) is 18.1.